The van der Waals surface area contributed by atoms with Crippen molar-refractivity contribution in [1.29, 1.82) is 0 Å². The van der Waals surface area contributed by atoms with E-state index in [1.807, 2.05) is 31.2 Å². The topological polar surface area (TPSA) is 70.2 Å². The SMILES string of the molecule is Cc1ccc(NC(=O)CNC(=O)CNC2CC2)cc1. The molecule has 1 aromatic rings. The van der Waals surface area contributed by atoms with Gasteiger partial charge in [-0.2, -0.15) is 0 Å². The van der Waals surface area contributed by atoms with Gasteiger partial charge in [0.05, 0.1) is 13.1 Å². The molecule has 0 heterocycles. The molecule has 3 N–H and O–H groups in total. The van der Waals surface area contributed by atoms with Crippen molar-refractivity contribution in [3.63, 3.8) is 0 Å². The van der Waals surface area contributed by atoms with E-state index < -0.39 is 0 Å². The lowest BCUT2D eigenvalue weighted by Gasteiger charge is -2.07. The van der Waals surface area contributed by atoms with E-state index in [-0.39, 0.29) is 24.9 Å². The molecule has 0 atom stereocenters. The Hall–Kier alpha value is -1.88. The Morgan fingerprint density at radius 2 is 1.79 bits per heavy atom. The summed E-state index contributed by atoms with van der Waals surface area (Å²) in [5.74, 6) is -0.366. The van der Waals surface area contributed by atoms with Crippen LogP contribution in [0.3, 0.4) is 0 Å². The van der Waals surface area contributed by atoms with Crippen molar-refractivity contribution in [2.75, 3.05) is 18.4 Å². The van der Waals surface area contributed by atoms with Crippen molar-refractivity contribution in [2.24, 2.45) is 0 Å². The predicted octanol–water partition coefficient (Wildman–Crippen LogP) is 0.802. The smallest absolute Gasteiger partial charge is 0.243 e. The van der Waals surface area contributed by atoms with E-state index in [1.54, 1.807) is 0 Å². The molecule has 19 heavy (non-hydrogen) atoms. The molecule has 0 bridgehead atoms. The number of hydrogen-bond acceptors (Lipinski definition) is 3. The average molecular weight is 261 g/mol. The van der Waals surface area contributed by atoms with Gasteiger partial charge in [0.1, 0.15) is 0 Å². The predicted molar refractivity (Wildman–Crippen MR) is 73.8 cm³/mol. The lowest BCUT2D eigenvalue weighted by molar-refractivity contribution is -0.123. The van der Waals surface area contributed by atoms with Crippen LogP contribution in [-0.4, -0.2) is 30.9 Å². The minimum Gasteiger partial charge on any atom is -0.346 e. The van der Waals surface area contributed by atoms with E-state index in [9.17, 15) is 9.59 Å². The first kappa shape index (κ1) is 13.5. The minimum atomic E-state index is -0.219. The van der Waals surface area contributed by atoms with Gasteiger partial charge < -0.3 is 16.0 Å². The number of rotatable bonds is 6. The van der Waals surface area contributed by atoms with Crippen LogP contribution in [-0.2, 0) is 9.59 Å². The molecule has 2 rings (SSSR count). The summed E-state index contributed by atoms with van der Waals surface area (Å²) in [6.07, 6.45) is 2.28. The molecule has 0 saturated heterocycles. The van der Waals surface area contributed by atoms with Crippen LogP contribution < -0.4 is 16.0 Å². The minimum absolute atomic E-state index is 0.000936. The molecule has 5 nitrogen and oxygen atoms in total. The summed E-state index contributed by atoms with van der Waals surface area (Å²) in [6.45, 7) is 2.26. The Balaban J connectivity index is 1.65. The number of aryl methyl sites for hydroxylation is 1. The molecule has 1 aliphatic carbocycles. The largest absolute Gasteiger partial charge is 0.346 e. The zero-order chi connectivity index (χ0) is 13.7. The first-order valence-corrected chi connectivity index (χ1v) is 6.50. The molecular formula is C14H19N3O2. The number of anilines is 1. The van der Waals surface area contributed by atoms with Gasteiger partial charge in [0.15, 0.2) is 0 Å². The number of carbonyl (C=O) groups is 2. The molecule has 0 aliphatic heterocycles. The van der Waals surface area contributed by atoms with Crippen LogP contribution in [0.5, 0.6) is 0 Å². The molecule has 2 amide bonds. The summed E-state index contributed by atoms with van der Waals surface area (Å²) in [6, 6.07) is 8.02. The van der Waals surface area contributed by atoms with E-state index in [0.717, 1.165) is 24.1 Å². The van der Waals surface area contributed by atoms with Crippen LogP contribution in [0.25, 0.3) is 0 Å². The van der Waals surface area contributed by atoms with Gasteiger partial charge in [0.2, 0.25) is 11.8 Å². The highest BCUT2D eigenvalue weighted by atomic mass is 16.2. The molecule has 5 heteroatoms. The number of benzene rings is 1. The second-order valence-corrected chi connectivity index (χ2v) is 4.85. The van der Waals surface area contributed by atoms with Crippen molar-refractivity contribution < 1.29 is 9.59 Å². The van der Waals surface area contributed by atoms with Crippen LogP contribution in [0.2, 0.25) is 0 Å². The molecule has 1 saturated carbocycles. The van der Waals surface area contributed by atoms with Crippen LogP contribution in [0.1, 0.15) is 18.4 Å². The van der Waals surface area contributed by atoms with Gasteiger partial charge in [0, 0.05) is 11.7 Å². The maximum Gasteiger partial charge on any atom is 0.243 e. The Bertz CT molecular complexity index is 452. The molecular weight excluding hydrogens is 242 g/mol. The summed E-state index contributed by atoms with van der Waals surface area (Å²) in [5.41, 5.74) is 1.87. The third-order valence-corrected chi connectivity index (χ3v) is 2.91. The van der Waals surface area contributed by atoms with Gasteiger partial charge in [-0.3, -0.25) is 9.59 Å². The highest BCUT2D eigenvalue weighted by Crippen LogP contribution is 2.17. The Labute approximate surface area is 112 Å². The first-order chi connectivity index (χ1) is 9.13. The second-order valence-electron chi connectivity index (χ2n) is 4.85. The van der Waals surface area contributed by atoms with Gasteiger partial charge in [-0.1, -0.05) is 17.7 Å². The summed E-state index contributed by atoms with van der Waals surface area (Å²) in [7, 11) is 0. The van der Waals surface area contributed by atoms with Crippen molar-refractivity contribution >= 4 is 17.5 Å². The zero-order valence-electron chi connectivity index (χ0n) is 11.0. The highest BCUT2D eigenvalue weighted by Gasteiger charge is 2.21. The summed E-state index contributed by atoms with van der Waals surface area (Å²) < 4.78 is 0. The van der Waals surface area contributed by atoms with Crippen molar-refractivity contribution in [2.45, 2.75) is 25.8 Å². The summed E-state index contributed by atoms with van der Waals surface area (Å²) in [4.78, 5) is 23.0. The fourth-order valence-electron chi connectivity index (χ4n) is 1.61. The monoisotopic (exact) mass is 261 g/mol. The fraction of sp³-hybridized carbons (Fsp3) is 0.429. The Kier molecular flexibility index (Phi) is 4.52. The van der Waals surface area contributed by atoms with E-state index >= 15 is 0 Å². The fourth-order valence-corrected chi connectivity index (χ4v) is 1.61. The zero-order valence-corrected chi connectivity index (χ0v) is 11.0. The normalized spacial score (nSPS) is 13.9. The van der Waals surface area contributed by atoms with Crippen molar-refractivity contribution in [3.8, 4) is 0 Å². The first-order valence-electron chi connectivity index (χ1n) is 6.50. The average Bonchev–Trinajstić information content (AvgIpc) is 3.21. The number of amides is 2. The molecule has 0 radical (unpaired) electrons. The van der Waals surface area contributed by atoms with Crippen molar-refractivity contribution in [3.05, 3.63) is 29.8 Å². The molecule has 1 aromatic carbocycles. The van der Waals surface area contributed by atoms with Gasteiger partial charge in [0.25, 0.3) is 0 Å². The van der Waals surface area contributed by atoms with E-state index in [2.05, 4.69) is 16.0 Å². The van der Waals surface area contributed by atoms with Crippen LogP contribution in [0.4, 0.5) is 5.69 Å². The Morgan fingerprint density at radius 1 is 1.11 bits per heavy atom. The second kappa shape index (κ2) is 6.33. The standard InChI is InChI=1S/C14H19N3O2/c1-10-2-4-12(5-3-10)17-14(19)9-16-13(18)8-15-11-6-7-11/h2-5,11,15H,6-9H2,1H3,(H,16,18)(H,17,19). The van der Waals surface area contributed by atoms with Gasteiger partial charge >= 0.3 is 0 Å². The highest BCUT2D eigenvalue weighted by molar-refractivity contribution is 5.94. The van der Waals surface area contributed by atoms with Crippen molar-refractivity contribution in [1.82, 2.24) is 10.6 Å². The van der Waals surface area contributed by atoms with E-state index in [4.69, 9.17) is 0 Å². The van der Waals surface area contributed by atoms with E-state index in [0.29, 0.717) is 6.04 Å². The molecule has 0 unspecified atom stereocenters. The van der Waals surface area contributed by atoms with E-state index in [1.165, 1.54) is 0 Å². The lowest BCUT2D eigenvalue weighted by atomic mass is 10.2. The molecule has 1 fully saturated rings. The van der Waals surface area contributed by atoms with Gasteiger partial charge in [-0.05, 0) is 31.9 Å². The van der Waals surface area contributed by atoms with Crippen LogP contribution in [0, 0.1) is 6.92 Å². The molecule has 102 valence electrons. The van der Waals surface area contributed by atoms with Gasteiger partial charge in [-0.25, -0.2) is 0 Å². The van der Waals surface area contributed by atoms with Crippen LogP contribution >= 0.6 is 0 Å². The lowest BCUT2D eigenvalue weighted by Crippen LogP contribution is -2.39. The number of hydrogen-bond donors (Lipinski definition) is 3. The maximum atomic E-state index is 11.6. The molecule has 0 spiro atoms. The third kappa shape index (κ3) is 5.09. The molecule has 1 aliphatic rings. The summed E-state index contributed by atoms with van der Waals surface area (Å²) in [5, 5.41) is 8.40. The number of nitrogens with one attached hydrogen (secondary N) is 3. The van der Waals surface area contributed by atoms with Crippen LogP contribution in [0.15, 0.2) is 24.3 Å². The maximum absolute atomic E-state index is 11.6. The number of carbonyl (C=O) groups excluding carboxylic acids is 2. The molecule has 0 aromatic heterocycles. The quantitative estimate of drug-likeness (QED) is 0.709. The third-order valence-electron chi connectivity index (χ3n) is 2.91. The Morgan fingerprint density at radius 3 is 2.42 bits per heavy atom. The summed E-state index contributed by atoms with van der Waals surface area (Å²) >= 11 is 0. The van der Waals surface area contributed by atoms with Gasteiger partial charge in [-0.15, -0.1) is 0 Å².